The molecule has 0 saturated carbocycles. The highest BCUT2D eigenvalue weighted by molar-refractivity contribution is 7.94. The molecule has 0 spiro atoms. The van der Waals surface area contributed by atoms with Gasteiger partial charge in [-0.15, -0.1) is 4.33 Å². The molecule has 0 fully saturated rings. The number of carboxylic acids is 1. The number of carboxylic acid groups (broad SMARTS) is 1. The fourth-order valence-corrected chi connectivity index (χ4v) is 1.97. The molecule has 0 aliphatic carbocycles. The van der Waals surface area contributed by atoms with Gasteiger partial charge >= 0.3 is 5.97 Å². The van der Waals surface area contributed by atoms with Crippen molar-refractivity contribution in [3.8, 4) is 5.69 Å². The number of aromatic nitrogens is 2. The van der Waals surface area contributed by atoms with Crippen molar-refractivity contribution in [1.82, 2.24) is 9.78 Å². The van der Waals surface area contributed by atoms with E-state index in [-0.39, 0.29) is 11.3 Å². The van der Waals surface area contributed by atoms with Gasteiger partial charge in [0.05, 0.1) is 17.7 Å². The predicted molar refractivity (Wildman–Crippen MR) is 68.7 cm³/mol. The Morgan fingerprint density at radius 1 is 1.35 bits per heavy atom. The van der Waals surface area contributed by atoms with Crippen LogP contribution in [0.3, 0.4) is 0 Å². The number of nitrogens with one attached hydrogen (secondary N) is 1. The summed E-state index contributed by atoms with van der Waals surface area (Å²) in [6, 6.07) is 6.40. The lowest BCUT2D eigenvalue weighted by molar-refractivity contribution is -0.432. The van der Waals surface area contributed by atoms with E-state index < -0.39 is 11.5 Å². The van der Waals surface area contributed by atoms with E-state index in [4.69, 9.17) is 10.4 Å². The fourth-order valence-electron chi connectivity index (χ4n) is 1.62. The predicted octanol–water partition coefficient (Wildman–Crippen LogP) is 1.60. The summed E-state index contributed by atoms with van der Waals surface area (Å²) in [5.74, 6) is -1.20. The van der Waals surface area contributed by atoms with Crippen LogP contribution in [0.4, 0.5) is 0 Å². The van der Waals surface area contributed by atoms with Crippen molar-refractivity contribution >= 4 is 18.0 Å². The Morgan fingerprint density at radius 3 is 2.50 bits per heavy atom. The summed E-state index contributed by atoms with van der Waals surface area (Å²) in [6.07, 6.45) is 0. The fraction of sp³-hybridized carbons (Fsp3) is 0.0909. The number of carbonyl (C=O) groups is 1. The Kier molecular flexibility index (Phi) is 4.25. The second kappa shape index (κ2) is 5.92. The van der Waals surface area contributed by atoms with Crippen molar-refractivity contribution in [3.63, 3.8) is 0 Å². The van der Waals surface area contributed by atoms with Crippen molar-refractivity contribution in [2.24, 2.45) is 0 Å². The summed E-state index contributed by atoms with van der Waals surface area (Å²) in [5, 5.41) is 23.0. The molecule has 1 aromatic heterocycles. The van der Waals surface area contributed by atoms with Crippen LogP contribution in [0.15, 0.2) is 34.0 Å². The average Bonchev–Trinajstić information content (AvgIpc) is 2.74. The first-order chi connectivity index (χ1) is 9.54. The third kappa shape index (κ3) is 2.75. The van der Waals surface area contributed by atoms with Gasteiger partial charge in [0.2, 0.25) is 0 Å². The normalized spacial score (nSPS) is 10.7. The first kappa shape index (κ1) is 14.3. The minimum absolute atomic E-state index is 0.132. The van der Waals surface area contributed by atoms with E-state index in [2.05, 4.69) is 14.5 Å². The monoisotopic (exact) mass is 298 g/mol. The number of aromatic amines is 1. The molecule has 0 amide bonds. The third-order valence-electron chi connectivity index (χ3n) is 2.59. The lowest BCUT2D eigenvalue weighted by Crippen LogP contribution is -2.15. The van der Waals surface area contributed by atoms with Crippen molar-refractivity contribution in [1.29, 1.82) is 0 Å². The molecule has 3 N–H and O–H groups in total. The van der Waals surface area contributed by atoms with Crippen LogP contribution < -0.4 is 5.56 Å². The molecule has 0 aliphatic heterocycles. The van der Waals surface area contributed by atoms with Gasteiger partial charge in [-0.05, 0) is 31.2 Å². The maximum atomic E-state index is 11.9. The number of H-pyrrole nitrogens is 1. The van der Waals surface area contributed by atoms with Gasteiger partial charge in [0.15, 0.2) is 0 Å². The second-order valence-electron chi connectivity index (χ2n) is 3.78. The lowest BCUT2D eigenvalue weighted by Gasteiger charge is -2.02. The highest BCUT2D eigenvalue weighted by Crippen LogP contribution is 2.20. The molecule has 0 unspecified atom stereocenters. The number of nitrogens with zero attached hydrogens (tertiary/aromatic N) is 1. The Balaban J connectivity index is 2.35. The molecule has 2 aromatic rings. The summed E-state index contributed by atoms with van der Waals surface area (Å²) in [6.45, 7) is 1.44. The average molecular weight is 298 g/mol. The first-order valence-electron chi connectivity index (χ1n) is 5.34. The number of hydrogen-bond donors (Lipinski definition) is 3. The summed E-state index contributed by atoms with van der Waals surface area (Å²) in [4.78, 5) is 23.5. The zero-order chi connectivity index (χ0) is 14.7. The van der Waals surface area contributed by atoms with Crippen molar-refractivity contribution in [2.75, 3.05) is 0 Å². The van der Waals surface area contributed by atoms with E-state index in [1.807, 2.05) is 0 Å². The van der Waals surface area contributed by atoms with E-state index in [9.17, 15) is 9.59 Å². The maximum Gasteiger partial charge on any atom is 0.354 e. The van der Waals surface area contributed by atoms with E-state index in [0.29, 0.717) is 10.6 Å². The molecule has 0 radical (unpaired) electrons. The Morgan fingerprint density at radius 2 is 2.00 bits per heavy atom. The molecule has 1 aromatic carbocycles. The number of hydrogen-bond acceptors (Lipinski definition) is 6. The van der Waals surface area contributed by atoms with Crippen LogP contribution in [0.5, 0.6) is 0 Å². The maximum absolute atomic E-state index is 11.9. The molecule has 0 aliphatic rings. The first-order valence-corrected chi connectivity index (χ1v) is 6.09. The smallest absolute Gasteiger partial charge is 0.354 e. The quantitative estimate of drug-likeness (QED) is 0.436. The van der Waals surface area contributed by atoms with Crippen LogP contribution in [0.25, 0.3) is 5.69 Å². The molecule has 2 rings (SSSR count). The van der Waals surface area contributed by atoms with Crippen LogP contribution >= 0.6 is 12.0 Å². The van der Waals surface area contributed by atoms with Gasteiger partial charge in [-0.1, -0.05) is 5.04 Å². The minimum atomic E-state index is -1.20. The summed E-state index contributed by atoms with van der Waals surface area (Å²) in [5.41, 5.74) is 0.0241. The Labute approximate surface area is 116 Å². The van der Waals surface area contributed by atoms with Crippen LogP contribution in [0, 0.1) is 6.92 Å². The standard InChI is InChI=1S/C11H10N2O6S/c1-6-9(11(15)16)12-13(10(6)14)7-2-4-8(5-3-7)20-19-18-17/h2-5,12,17H,1H3,(H,15,16). The van der Waals surface area contributed by atoms with Crippen molar-refractivity contribution in [3.05, 3.63) is 45.9 Å². The largest absolute Gasteiger partial charge is 0.477 e. The molecular weight excluding hydrogens is 288 g/mol. The number of rotatable bonds is 5. The van der Waals surface area contributed by atoms with E-state index in [0.717, 1.165) is 16.7 Å². The van der Waals surface area contributed by atoms with Crippen LogP contribution in [0.1, 0.15) is 16.1 Å². The van der Waals surface area contributed by atoms with E-state index in [1.54, 1.807) is 24.3 Å². The Bertz CT molecular complexity index is 675. The summed E-state index contributed by atoms with van der Waals surface area (Å²) >= 11 is 0.778. The molecule has 106 valence electrons. The van der Waals surface area contributed by atoms with Crippen LogP contribution in [-0.2, 0) is 9.37 Å². The van der Waals surface area contributed by atoms with Gasteiger partial charge in [0.25, 0.3) is 5.56 Å². The highest BCUT2D eigenvalue weighted by Gasteiger charge is 2.16. The van der Waals surface area contributed by atoms with Gasteiger partial charge in [-0.2, -0.15) is 0 Å². The van der Waals surface area contributed by atoms with E-state index >= 15 is 0 Å². The zero-order valence-electron chi connectivity index (χ0n) is 10.2. The van der Waals surface area contributed by atoms with Gasteiger partial charge in [-0.25, -0.2) is 14.7 Å². The van der Waals surface area contributed by atoms with Gasteiger partial charge in [0, 0.05) is 10.5 Å². The van der Waals surface area contributed by atoms with E-state index in [1.165, 1.54) is 6.92 Å². The molecular formula is C11H10N2O6S. The van der Waals surface area contributed by atoms with Crippen molar-refractivity contribution < 1.29 is 24.5 Å². The molecule has 0 saturated heterocycles. The molecule has 0 atom stereocenters. The van der Waals surface area contributed by atoms with Crippen molar-refractivity contribution in [2.45, 2.75) is 11.8 Å². The second-order valence-corrected chi connectivity index (χ2v) is 4.55. The SMILES string of the molecule is Cc1c(C(=O)O)[nH]n(-c2ccc(SOOO)cc2)c1=O. The Hall–Kier alpha value is -2.07. The molecule has 1 heterocycles. The highest BCUT2D eigenvalue weighted by atomic mass is 32.2. The van der Waals surface area contributed by atoms with Gasteiger partial charge in [0.1, 0.15) is 5.69 Å². The molecule has 0 bridgehead atoms. The number of aromatic carboxylic acids is 1. The zero-order valence-corrected chi connectivity index (χ0v) is 11.0. The summed E-state index contributed by atoms with van der Waals surface area (Å²) < 4.78 is 5.40. The van der Waals surface area contributed by atoms with Crippen LogP contribution in [0.2, 0.25) is 0 Å². The van der Waals surface area contributed by atoms with Crippen LogP contribution in [-0.4, -0.2) is 26.1 Å². The topological polar surface area (TPSA) is 114 Å². The molecule has 20 heavy (non-hydrogen) atoms. The number of benzene rings is 1. The van der Waals surface area contributed by atoms with Gasteiger partial charge < -0.3 is 5.11 Å². The third-order valence-corrected chi connectivity index (χ3v) is 3.19. The lowest BCUT2D eigenvalue weighted by atomic mass is 10.3. The molecule has 8 nitrogen and oxygen atoms in total. The molecule has 9 heteroatoms. The summed E-state index contributed by atoms with van der Waals surface area (Å²) in [7, 11) is 0. The minimum Gasteiger partial charge on any atom is -0.477 e. The van der Waals surface area contributed by atoms with Gasteiger partial charge in [-0.3, -0.25) is 9.89 Å².